The smallest absolute Gasteiger partial charge is 0.158 e. The SMILES string of the molecule is Cn1nc(Cl)c2cccc(C(N)CO)c21. The number of hydrogen-bond donors (Lipinski definition) is 2. The van der Waals surface area contributed by atoms with Crippen LogP contribution >= 0.6 is 11.6 Å². The summed E-state index contributed by atoms with van der Waals surface area (Å²) in [5.41, 5.74) is 7.54. The van der Waals surface area contributed by atoms with Gasteiger partial charge in [0, 0.05) is 12.4 Å². The van der Waals surface area contributed by atoms with Crippen molar-refractivity contribution >= 4 is 22.5 Å². The molecule has 0 radical (unpaired) electrons. The van der Waals surface area contributed by atoms with E-state index in [1.807, 2.05) is 25.2 Å². The molecular formula is C10H12ClN3O. The van der Waals surface area contributed by atoms with Crippen molar-refractivity contribution in [3.63, 3.8) is 0 Å². The van der Waals surface area contributed by atoms with Crippen LogP contribution in [0.3, 0.4) is 0 Å². The Kier molecular flexibility index (Phi) is 2.65. The lowest BCUT2D eigenvalue weighted by atomic mass is 10.1. The first-order valence-corrected chi connectivity index (χ1v) is 5.00. The van der Waals surface area contributed by atoms with Crippen LogP contribution in [-0.4, -0.2) is 21.5 Å². The number of hydrogen-bond acceptors (Lipinski definition) is 3. The van der Waals surface area contributed by atoms with E-state index >= 15 is 0 Å². The van der Waals surface area contributed by atoms with Crippen molar-refractivity contribution in [3.8, 4) is 0 Å². The minimum Gasteiger partial charge on any atom is -0.394 e. The predicted molar refractivity (Wildman–Crippen MR) is 59.7 cm³/mol. The molecule has 0 bridgehead atoms. The third-order valence-electron chi connectivity index (χ3n) is 2.45. The first kappa shape index (κ1) is 10.4. The van der Waals surface area contributed by atoms with Gasteiger partial charge in [0.1, 0.15) is 0 Å². The second kappa shape index (κ2) is 3.81. The first-order chi connectivity index (χ1) is 7.15. The van der Waals surface area contributed by atoms with E-state index in [1.165, 1.54) is 0 Å². The maximum atomic E-state index is 9.06. The molecule has 80 valence electrons. The van der Waals surface area contributed by atoms with Gasteiger partial charge in [-0.1, -0.05) is 23.7 Å². The van der Waals surface area contributed by atoms with E-state index in [-0.39, 0.29) is 6.61 Å². The number of aliphatic hydroxyl groups is 1. The molecule has 0 fully saturated rings. The zero-order valence-corrected chi connectivity index (χ0v) is 9.07. The molecule has 1 heterocycles. The fourth-order valence-corrected chi connectivity index (χ4v) is 1.99. The van der Waals surface area contributed by atoms with Gasteiger partial charge >= 0.3 is 0 Å². The number of rotatable bonds is 2. The average Bonchev–Trinajstić information content (AvgIpc) is 2.54. The minimum atomic E-state index is -0.403. The molecule has 0 aliphatic rings. The molecule has 0 aliphatic heterocycles. The molecule has 0 saturated carbocycles. The van der Waals surface area contributed by atoms with E-state index in [2.05, 4.69) is 5.10 Å². The largest absolute Gasteiger partial charge is 0.394 e. The summed E-state index contributed by atoms with van der Waals surface area (Å²) in [6.07, 6.45) is 0. The summed E-state index contributed by atoms with van der Waals surface area (Å²) in [6.45, 7) is -0.0953. The van der Waals surface area contributed by atoms with E-state index in [1.54, 1.807) is 4.68 Å². The molecule has 2 rings (SSSR count). The van der Waals surface area contributed by atoms with E-state index in [9.17, 15) is 0 Å². The highest BCUT2D eigenvalue weighted by atomic mass is 35.5. The number of aliphatic hydroxyl groups excluding tert-OH is 1. The molecule has 0 amide bonds. The highest BCUT2D eigenvalue weighted by Crippen LogP contribution is 2.27. The second-order valence-electron chi connectivity index (χ2n) is 3.45. The molecule has 0 saturated heterocycles. The van der Waals surface area contributed by atoms with Crippen molar-refractivity contribution in [2.24, 2.45) is 12.8 Å². The van der Waals surface area contributed by atoms with E-state index in [0.29, 0.717) is 5.15 Å². The van der Waals surface area contributed by atoms with Crippen LogP contribution in [0.25, 0.3) is 10.9 Å². The maximum Gasteiger partial charge on any atom is 0.158 e. The molecule has 0 spiro atoms. The van der Waals surface area contributed by atoms with Crippen LogP contribution in [0, 0.1) is 0 Å². The van der Waals surface area contributed by atoms with Gasteiger partial charge < -0.3 is 10.8 Å². The van der Waals surface area contributed by atoms with Crippen molar-refractivity contribution in [2.75, 3.05) is 6.61 Å². The summed E-state index contributed by atoms with van der Waals surface area (Å²) in [4.78, 5) is 0. The number of aryl methyl sites for hydroxylation is 1. The van der Waals surface area contributed by atoms with Crippen molar-refractivity contribution in [2.45, 2.75) is 6.04 Å². The Bertz CT molecular complexity index is 495. The van der Waals surface area contributed by atoms with Gasteiger partial charge in [-0.2, -0.15) is 5.10 Å². The fraction of sp³-hybridized carbons (Fsp3) is 0.300. The van der Waals surface area contributed by atoms with E-state index in [0.717, 1.165) is 16.5 Å². The summed E-state index contributed by atoms with van der Waals surface area (Å²) in [5, 5.41) is 14.5. The molecule has 1 aromatic carbocycles. The summed E-state index contributed by atoms with van der Waals surface area (Å²) in [7, 11) is 1.81. The van der Waals surface area contributed by atoms with Gasteiger partial charge in [-0.25, -0.2) is 0 Å². The van der Waals surface area contributed by atoms with Crippen LogP contribution in [-0.2, 0) is 7.05 Å². The summed E-state index contributed by atoms with van der Waals surface area (Å²) in [6, 6.07) is 5.22. The quantitative estimate of drug-likeness (QED) is 0.808. The topological polar surface area (TPSA) is 64.1 Å². The predicted octanol–water partition coefficient (Wildman–Crippen LogP) is 1.22. The van der Waals surface area contributed by atoms with Gasteiger partial charge in [0.05, 0.1) is 18.2 Å². The van der Waals surface area contributed by atoms with Gasteiger partial charge in [0.15, 0.2) is 5.15 Å². The number of fused-ring (bicyclic) bond motifs is 1. The van der Waals surface area contributed by atoms with Gasteiger partial charge in [-0.3, -0.25) is 4.68 Å². The number of aromatic nitrogens is 2. The number of para-hydroxylation sites is 1. The third kappa shape index (κ3) is 1.61. The summed E-state index contributed by atoms with van der Waals surface area (Å²) < 4.78 is 1.68. The van der Waals surface area contributed by atoms with Crippen LogP contribution in [0.1, 0.15) is 11.6 Å². The Morgan fingerprint density at radius 3 is 3.00 bits per heavy atom. The Morgan fingerprint density at radius 1 is 1.60 bits per heavy atom. The average molecular weight is 226 g/mol. The number of nitrogens with zero attached hydrogens (tertiary/aromatic N) is 2. The van der Waals surface area contributed by atoms with Crippen LogP contribution in [0.2, 0.25) is 5.15 Å². The van der Waals surface area contributed by atoms with E-state index in [4.69, 9.17) is 22.4 Å². The Balaban J connectivity index is 2.75. The molecule has 4 nitrogen and oxygen atoms in total. The zero-order chi connectivity index (χ0) is 11.0. The normalized spacial score (nSPS) is 13.3. The van der Waals surface area contributed by atoms with Gasteiger partial charge in [0.25, 0.3) is 0 Å². The van der Waals surface area contributed by atoms with Crippen LogP contribution in [0.4, 0.5) is 0 Å². The molecule has 2 aromatic rings. The zero-order valence-electron chi connectivity index (χ0n) is 8.31. The number of halogens is 1. The van der Waals surface area contributed by atoms with Crippen molar-refractivity contribution < 1.29 is 5.11 Å². The molecule has 5 heteroatoms. The minimum absolute atomic E-state index is 0.0953. The fourth-order valence-electron chi connectivity index (χ4n) is 1.72. The standard InChI is InChI=1S/C10H12ClN3O/c1-14-9-6(8(12)5-15)3-2-4-7(9)10(11)13-14/h2-4,8,15H,5,12H2,1H3. The van der Waals surface area contributed by atoms with Gasteiger partial charge in [-0.05, 0) is 11.6 Å². The lowest BCUT2D eigenvalue weighted by Crippen LogP contribution is -2.15. The van der Waals surface area contributed by atoms with Crippen molar-refractivity contribution in [1.29, 1.82) is 0 Å². The van der Waals surface area contributed by atoms with Crippen molar-refractivity contribution in [1.82, 2.24) is 9.78 Å². The van der Waals surface area contributed by atoms with Crippen LogP contribution in [0.15, 0.2) is 18.2 Å². The second-order valence-corrected chi connectivity index (χ2v) is 3.80. The van der Waals surface area contributed by atoms with E-state index < -0.39 is 6.04 Å². The highest BCUT2D eigenvalue weighted by Gasteiger charge is 2.14. The molecule has 3 N–H and O–H groups in total. The van der Waals surface area contributed by atoms with Crippen molar-refractivity contribution in [3.05, 3.63) is 28.9 Å². The molecule has 0 aliphatic carbocycles. The van der Waals surface area contributed by atoms with Crippen LogP contribution in [0.5, 0.6) is 0 Å². The summed E-state index contributed by atoms with van der Waals surface area (Å²) >= 11 is 5.96. The monoisotopic (exact) mass is 225 g/mol. The Morgan fingerprint density at radius 2 is 2.33 bits per heavy atom. The molecule has 15 heavy (non-hydrogen) atoms. The van der Waals surface area contributed by atoms with Gasteiger partial charge in [0.2, 0.25) is 0 Å². The molecule has 1 aromatic heterocycles. The lowest BCUT2D eigenvalue weighted by Gasteiger charge is -2.10. The highest BCUT2D eigenvalue weighted by molar-refractivity contribution is 6.34. The number of nitrogens with two attached hydrogens (primary N) is 1. The number of benzene rings is 1. The Labute approximate surface area is 92.3 Å². The maximum absolute atomic E-state index is 9.06. The summed E-state index contributed by atoms with van der Waals surface area (Å²) in [5.74, 6) is 0. The molecule has 1 unspecified atom stereocenters. The van der Waals surface area contributed by atoms with Gasteiger partial charge in [-0.15, -0.1) is 0 Å². The first-order valence-electron chi connectivity index (χ1n) is 4.62. The Hall–Kier alpha value is -1.10. The lowest BCUT2D eigenvalue weighted by molar-refractivity contribution is 0.268. The molecule has 1 atom stereocenters. The van der Waals surface area contributed by atoms with Crippen LogP contribution < -0.4 is 5.73 Å². The third-order valence-corrected chi connectivity index (χ3v) is 2.73. The molecular weight excluding hydrogens is 214 g/mol.